The number of benzene rings is 3. The molecular weight excluding hydrogens is 390 g/mol. The van der Waals surface area contributed by atoms with Crippen LogP contribution in [-0.4, -0.2) is 31.9 Å². The Morgan fingerprint density at radius 3 is 2.26 bits per heavy atom. The second kappa shape index (κ2) is 11.4. The Hall–Kier alpha value is -3.02. The second-order valence-corrected chi connectivity index (χ2v) is 7.53. The molecule has 0 bridgehead atoms. The van der Waals surface area contributed by atoms with E-state index in [4.69, 9.17) is 14.2 Å². The van der Waals surface area contributed by atoms with Crippen LogP contribution >= 0.6 is 0 Å². The maximum atomic E-state index is 10.8. The van der Waals surface area contributed by atoms with Gasteiger partial charge in [0.15, 0.2) is 11.5 Å². The van der Waals surface area contributed by atoms with Crippen LogP contribution in [0.5, 0.6) is 17.2 Å². The third-order valence-electron chi connectivity index (χ3n) is 5.16. The van der Waals surface area contributed by atoms with Crippen molar-refractivity contribution in [2.24, 2.45) is 0 Å². The molecule has 3 aromatic rings. The van der Waals surface area contributed by atoms with Crippen LogP contribution in [0.1, 0.15) is 29.7 Å². The summed E-state index contributed by atoms with van der Waals surface area (Å²) in [4.78, 5) is 0. The molecule has 2 atom stereocenters. The van der Waals surface area contributed by atoms with Crippen molar-refractivity contribution in [1.82, 2.24) is 5.32 Å². The Labute approximate surface area is 184 Å². The molecule has 0 aliphatic rings. The van der Waals surface area contributed by atoms with Crippen molar-refractivity contribution in [2.45, 2.75) is 32.1 Å². The molecule has 0 aliphatic heterocycles. The van der Waals surface area contributed by atoms with Crippen LogP contribution in [0.25, 0.3) is 0 Å². The van der Waals surface area contributed by atoms with E-state index in [1.165, 1.54) is 0 Å². The standard InChI is InChI=1S/C26H31NO4/c1-19(15-21-13-14-25(29-2)26(16-21)30-3)27-17-23(28)22-11-7-8-12-24(22)31-18-20-9-5-4-6-10-20/h4-14,16,19,23,27-28H,15,17-18H2,1-3H3. The van der Waals surface area contributed by atoms with E-state index in [1.807, 2.05) is 72.8 Å². The molecule has 5 nitrogen and oxygen atoms in total. The van der Waals surface area contributed by atoms with Crippen LogP contribution in [0.3, 0.4) is 0 Å². The highest BCUT2D eigenvalue weighted by Crippen LogP contribution is 2.28. The van der Waals surface area contributed by atoms with Crippen molar-refractivity contribution >= 4 is 0 Å². The van der Waals surface area contributed by atoms with Gasteiger partial charge in [-0.1, -0.05) is 54.6 Å². The quantitative estimate of drug-likeness (QED) is 0.476. The van der Waals surface area contributed by atoms with Crippen LogP contribution in [0.2, 0.25) is 0 Å². The first kappa shape index (κ1) is 22.7. The van der Waals surface area contributed by atoms with E-state index in [0.29, 0.717) is 18.9 Å². The maximum Gasteiger partial charge on any atom is 0.160 e. The van der Waals surface area contributed by atoms with Crippen molar-refractivity contribution in [1.29, 1.82) is 0 Å². The summed E-state index contributed by atoms with van der Waals surface area (Å²) in [5.74, 6) is 2.14. The average molecular weight is 422 g/mol. The monoisotopic (exact) mass is 421 g/mol. The number of hydrogen-bond donors (Lipinski definition) is 2. The van der Waals surface area contributed by atoms with Crippen LogP contribution in [0, 0.1) is 0 Å². The fraction of sp³-hybridized carbons (Fsp3) is 0.308. The van der Waals surface area contributed by atoms with Gasteiger partial charge in [0.2, 0.25) is 0 Å². The van der Waals surface area contributed by atoms with E-state index < -0.39 is 6.10 Å². The Morgan fingerprint density at radius 1 is 0.806 bits per heavy atom. The van der Waals surface area contributed by atoms with Crippen molar-refractivity contribution in [3.05, 3.63) is 89.5 Å². The summed E-state index contributed by atoms with van der Waals surface area (Å²) in [6.45, 7) is 3.00. The van der Waals surface area contributed by atoms with E-state index in [9.17, 15) is 5.11 Å². The van der Waals surface area contributed by atoms with Gasteiger partial charge >= 0.3 is 0 Å². The molecule has 0 radical (unpaired) electrons. The van der Waals surface area contributed by atoms with E-state index in [0.717, 1.165) is 34.6 Å². The molecule has 0 spiro atoms. The fourth-order valence-corrected chi connectivity index (χ4v) is 3.48. The third-order valence-corrected chi connectivity index (χ3v) is 5.16. The van der Waals surface area contributed by atoms with E-state index in [2.05, 4.69) is 12.2 Å². The topological polar surface area (TPSA) is 60.0 Å². The van der Waals surface area contributed by atoms with Gasteiger partial charge in [-0.05, 0) is 42.7 Å². The van der Waals surface area contributed by atoms with Gasteiger partial charge in [0.1, 0.15) is 12.4 Å². The molecule has 0 amide bonds. The van der Waals surface area contributed by atoms with Crippen LogP contribution in [0.15, 0.2) is 72.8 Å². The number of hydrogen-bond acceptors (Lipinski definition) is 5. The highest BCUT2D eigenvalue weighted by Gasteiger charge is 2.15. The molecule has 2 N–H and O–H groups in total. The van der Waals surface area contributed by atoms with E-state index in [-0.39, 0.29) is 6.04 Å². The van der Waals surface area contributed by atoms with E-state index >= 15 is 0 Å². The predicted molar refractivity (Wildman–Crippen MR) is 123 cm³/mol. The number of methoxy groups -OCH3 is 2. The smallest absolute Gasteiger partial charge is 0.160 e. The molecule has 0 aliphatic carbocycles. The molecule has 164 valence electrons. The second-order valence-electron chi connectivity index (χ2n) is 7.53. The van der Waals surface area contributed by atoms with Crippen LogP contribution < -0.4 is 19.5 Å². The highest BCUT2D eigenvalue weighted by molar-refractivity contribution is 5.43. The van der Waals surface area contributed by atoms with Gasteiger partial charge in [0, 0.05) is 18.2 Å². The zero-order valence-corrected chi connectivity index (χ0v) is 18.4. The van der Waals surface area contributed by atoms with Gasteiger partial charge in [0.05, 0.1) is 20.3 Å². The Kier molecular flexibility index (Phi) is 8.33. The lowest BCUT2D eigenvalue weighted by Gasteiger charge is -2.20. The number of aliphatic hydroxyl groups is 1. The van der Waals surface area contributed by atoms with Gasteiger partial charge in [-0.2, -0.15) is 0 Å². The molecule has 2 unspecified atom stereocenters. The van der Waals surface area contributed by atoms with Gasteiger partial charge < -0.3 is 24.6 Å². The first-order chi connectivity index (χ1) is 15.1. The maximum absolute atomic E-state index is 10.8. The zero-order valence-electron chi connectivity index (χ0n) is 18.4. The van der Waals surface area contributed by atoms with Crippen molar-refractivity contribution in [3.8, 4) is 17.2 Å². The van der Waals surface area contributed by atoms with Crippen LogP contribution in [0.4, 0.5) is 0 Å². The summed E-state index contributed by atoms with van der Waals surface area (Å²) >= 11 is 0. The van der Waals surface area contributed by atoms with Crippen LogP contribution in [-0.2, 0) is 13.0 Å². The third kappa shape index (κ3) is 6.48. The summed E-state index contributed by atoms with van der Waals surface area (Å²) in [6.07, 6.45) is 0.138. The SMILES string of the molecule is COc1ccc(CC(C)NCC(O)c2ccccc2OCc2ccccc2)cc1OC. The fourth-order valence-electron chi connectivity index (χ4n) is 3.48. The highest BCUT2D eigenvalue weighted by atomic mass is 16.5. The first-order valence-corrected chi connectivity index (χ1v) is 10.5. The molecule has 3 aromatic carbocycles. The van der Waals surface area contributed by atoms with Crippen molar-refractivity contribution < 1.29 is 19.3 Å². The normalized spacial score (nSPS) is 12.8. The number of ether oxygens (including phenoxy) is 3. The lowest BCUT2D eigenvalue weighted by Crippen LogP contribution is -2.32. The molecule has 0 saturated carbocycles. The number of aliphatic hydroxyl groups excluding tert-OH is 1. The Morgan fingerprint density at radius 2 is 1.52 bits per heavy atom. The minimum atomic E-state index is -0.667. The number of para-hydroxylation sites is 1. The molecule has 31 heavy (non-hydrogen) atoms. The van der Waals surface area contributed by atoms with Gasteiger partial charge in [-0.3, -0.25) is 0 Å². The molecule has 5 heteroatoms. The first-order valence-electron chi connectivity index (χ1n) is 10.5. The minimum Gasteiger partial charge on any atom is -0.493 e. The number of rotatable bonds is 11. The summed E-state index contributed by atoms with van der Waals surface area (Å²) in [5, 5.41) is 14.2. The van der Waals surface area contributed by atoms with Gasteiger partial charge in [-0.25, -0.2) is 0 Å². The molecule has 0 fully saturated rings. The minimum absolute atomic E-state index is 0.171. The lowest BCUT2D eigenvalue weighted by atomic mass is 10.0. The van der Waals surface area contributed by atoms with Crippen molar-refractivity contribution in [3.63, 3.8) is 0 Å². The lowest BCUT2D eigenvalue weighted by molar-refractivity contribution is 0.163. The summed E-state index contributed by atoms with van der Waals surface area (Å²) < 4.78 is 16.7. The molecule has 0 heterocycles. The average Bonchev–Trinajstić information content (AvgIpc) is 2.82. The summed E-state index contributed by atoms with van der Waals surface area (Å²) in [6, 6.07) is 23.8. The number of nitrogens with one attached hydrogen (secondary N) is 1. The molecule has 0 saturated heterocycles. The van der Waals surface area contributed by atoms with Crippen molar-refractivity contribution in [2.75, 3.05) is 20.8 Å². The zero-order chi connectivity index (χ0) is 22.1. The molecule has 0 aromatic heterocycles. The summed E-state index contributed by atoms with van der Waals surface area (Å²) in [5.41, 5.74) is 3.01. The molecule has 3 rings (SSSR count). The Balaban J connectivity index is 1.56. The molecular formula is C26H31NO4. The predicted octanol–water partition coefficient (Wildman–Crippen LogP) is 4.54. The largest absolute Gasteiger partial charge is 0.493 e. The summed E-state index contributed by atoms with van der Waals surface area (Å²) in [7, 11) is 3.27. The van der Waals surface area contributed by atoms with Gasteiger partial charge in [0.25, 0.3) is 0 Å². The van der Waals surface area contributed by atoms with E-state index in [1.54, 1.807) is 14.2 Å². The van der Waals surface area contributed by atoms with Gasteiger partial charge in [-0.15, -0.1) is 0 Å². The Bertz CT molecular complexity index is 945.